The monoisotopic (exact) mass is 373 g/mol. The molecule has 1 amide bonds. The summed E-state index contributed by atoms with van der Waals surface area (Å²) < 4.78 is 5.97. The van der Waals surface area contributed by atoms with Crippen molar-refractivity contribution in [1.29, 1.82) is 0 Å². The maximum atomic E-state index is 12.0. The summed E-state index contributed by atoms with van der Waals surface area (Å²) in [5.41, 5.74) is 2.90. The summed E-state index contributed by atoms with van der Waals surface area (Å²) in [4.78, 5) is 13.0. The molecule has 0 heterocycles. The van der Waals surface area contributed by atoms with E-state index < -0.39 is 0 Å². The van der Waals surface area contributed by atoms with E-state index in [1.54, 1.807) is 5.48 Å². The van der Waals surface area contributed by atoms with Gasteiger partial charge in [0.1, 0.15) is 12.4 Å². The highest BCUT2D eigenvalue weighted by Gasteiger charge is 2.20. The van der Waals surface area contributed by atoms with Crippen LogP contribution in [0.15, 0.2) is 59.5 Å². The summed E-state index contributed by atoms with van der Waals surface area (Å²) >= 11 is 1.44. The van der Waals surface area contributed by atoms with E-state index in [1.807, 2.05) is 54.6 Å². The summed E-state index contributed by atoms with van der Waals surface area (Å²) in [6, 6.07) is 17.7. The molecule has 5 heteroatoms. The molecule has 0 bridgehead atoms. The third-order valence-corrected chi connectivity index (χ3v) is 5.40. The Hall–Kier alpha value is -1.98. The summed E-state index contributed by atoms with van der Waals surface area (Å²) in [6.07, 6.45) is 5.10. The van der Waals surface area contributed by atoms with Crippen molar-refractivity contribution in [2.24, 2.45) is 0 Å². The Morgan fingerprint density at radius 3 is 2.54 bits per heavy atom. The second-order valence-corrected chi connectivity index (χ2v) is 7.40. The van der Waals surface area contributed by atoms with E-state index in [-0.39, 0.29) is 11.2 Å². The Balaban J connectivity index is 2.01. The summed E-state index contributed by atoms with van der Waals surface area (Å²) in [7, 11) is 0. The first-order chi connectivity index (χ1) is 12.7. The fraction of sp³-hybridized carbons (Fsp3) is 0.381. The van der Waals surface area contributed by atoms with Gasteiger partial charge < -0.3 is 4.74 Å². The van der Waals surface area contributed by atoms with Gasteiger partial charge in [0.15, 0.2) is 0 Å². The van der Waals surface area contributed by atoms with Gasteiger partial charge in [-0.1, -0.05) is 75.1 Å². The Kier molecular flexibility index (Phi) is 9.07. The van der Waals surface area contributed by atoms with Crippen LogP contribution in [0.3, 0.4) is 0 Å². The normalized spacial score (nSPS) is 11.8. The molecule has 0 saturated carbocycles. The molecule has 2 rings (SSSR count). The van der Waals surface area contributed by atoms with E-state index in [0.717, 1.165) is 48.3 Å². The molecule has 0 aliphatic heterocycles. The van der Waals surface area contributed by atoms with Gasteiger partial charge in [0.2, 0.25) is 0 Å². The smallest absolute Gasteiger partial charge is 0.256 e. The van der Waals surface area contributed by atoms with Gasteiger partial charge in [-0.15, -0.1) is 11.8 Å². The first-order valence-electron chi connectivity index (χ1n) is 9.11. The number of hydroxylamine groups is 1. The van der Waals surface area contributed by atoms with Crippen LogP contribution in [0, 0.1) is 0 Å². The van der Waals surface area contributed by atoms with Crippen molar-refractivity contribution in [2.75, 3.05) is 0 Å². The predicted octanol–water partition coefficient (Wildman–Crippen LogP) is 5.20. The second kappa shape index (κ2) is 11.6. The first kappa shape index (κ1) is 20.3. The van der Waals surface area contributed by atoms with Gasteiger partial charge in [-0.05, 0) is 24.1 Å². The number of hydrogen-bond acceptors (Lipinski definition) is 4. The van der Waals surface area contributed by atoms with E-state index in [9.17, 15) is 4.79 Å². The summed E-state index contributed by atoms with van der Waals surface area (Å²) in [5.74, 6) is 0.398. The predicted molar refractivity (Wildman–Crippen MR) is 106 cm³/mol. The van der Waals surface area contributed by atoms with Crippen LogP contribution < -0.4 is 10.2 Å². The SMILES string of the molecule is CCCCCCC(Sc1ccccc1OCc1ccccc1)C(=O)NO. The zero-order chi connectivity index (χ0) is 18.6. The first-order valence-corrected chi connectivity index (χ1v) is 9.99. The molecular weight excluding hydrogens is 346 g/mol. The minimum absolute atomic E-state index is 0.335. The van der Waals surface area contributed by atoms with Crippen LogP contribution in [0.25, 0.3) is 0 Å². The zero-order valence-electron chi connectivity index (χ0n) is 15.2. The summed E-state index contributed by atoms with van der Waals surface area (Å²) in [5, 5.41) is 8.73. The van der Waals surface area contributed by atoms with Crippen molar-refractivity contribution in [3.05, 3.63) is 60.2 Å². The van der Waals surface area contributed by atoms with Crippen LogP contribution in [0.1, 0.15) is 44.6 Å². The van der Waals surface area contributed by atoms with Gasteiger partial charge in [-0.3, -0.25) is 10.0 Å². The van der Waals surface area contributed by atoms with Gasteiger partial charge in [0.05, 0.1) is 10.1 Å². The van der Waals surface area contributed by atoms with Gasteiger partial charge >= 0.3 is 0 Å². The maximum Gasteiger partial charge on any atom is 0.256 e. The molecule has 2 aromatic rings. The molecule has 0 aliphatic rings. The van der Waals surface area contributed by atoms with Gasteiger partial charge in [-0.25, -0.2) is 5.48 Å². The van der Waals surface area contributed by atoms with Gasteiger partial charge in [0, 0.05) is 0 Å². The van der Waals surface area contributed by atoms with E-state index in [2.05, 4.69) is 6.92 Å². The number of rotatable bonds is 11. The molecule has 1 atom stereocenters. The maximum absolute atomic E-state index is 12.0. The van der Waals surface area contributed by atoms with E-state index in [1.165, 1.54) is 11.8 Å². The lowest BCUT2D eigenvalue weighted by molar-refractivity contribution is -0.128. The van der Waals surface area contributed by atoms with Crippen LogP contribution in [0.4, 0.5) is 0 Å². The number of hydrogen-bond donors (Lipinski definition) is 2. The number of nitrogens with one attached hydrogen (secondary N) is 1. The Bertz CT molecular complexity index is 663. The average Bonchev–Trinajstić information content (AvgIpc) is 2.69. The molecule has 0 aliphatic carbocycles. The van der Waals surface area contributed by atoms with Crippen LogP contribution in [-0.2, 0) is 11.4 Å². The number of carbonyl (C=O) groups is 1. The third-order valence-electron chi connectivity index (χ3n) is 4.08. The highest BCUT2D eigenvalue weighted by atomic mass is 32.2. The molecule has 0 radical (unpaired) electrons. The fourth-order valence-corrected chi connectivity index (χ4v) is 3.78. The molecule has 4 nitrogen and oxygen atoms in total. The van der Waals surface area contributed by atoms with Gasteiger partial charge in [-0.2, -0.15) is 0 Å². The van der Waals surface area contributed by atoms with Crippen molar-refractivity contribution < 1.29 is 14.7 Å². The molecule has 0 saturated heterocycles. The number of thioether (sulfide) groups is 1. The van der Waals surface area contributed by atoms with Crippen LogP contribution in [-0.4, -0.2) is 16.4 Å². The number of carbonyl (C=O) groups excluding carboxylic acids is 1. The molecule has 0 fully saturated rings. The Morgan fingerprint density at radius 1 is 1.08 bits per heavy atom. The van der Waals surface area contributed by atoms with E-state index in [4.69, 9.17) is 9.94 Å². The second-order valence-electron chi connectivity index (χ2n) is 6.15. The number of benzene rings is 2. The topological polar surface area (TPSA) is 58.6 Å². The minimum Gasteiger partial charge on any atom is -0.488 e. The van der Waals surface area contributed by atoms with Crippen molar-refractivity contribution in [3.8, 4) is 5.75 Å². The molecule has 1 unspecified atom stereocenters. The van der Waals surface area contributed by atoms with Crippen molar-refractivity contribution in [3.63, 3.8) is 0 Å². The molecule has 140 valence electrons. The number of amides is 1. The number of ether oxygens (including phenoxy) is 1. The molecule has 0 aromatic heterocycles. The van der Waals surface area contributed by atoms with Crippen molar-refractivity contribution in [1.82, 2.24) is 5.48 Å². The van der Waals surface area contributed by atoms with Crippen LogP contribution in [0.2, 0.25) is 0 Å². The number of unbranched alkanes of at least 4 members (excludes halogenated alkanes) is 3. The van der Waals surface area contributed by atoms with Crippen molar-refractivity contribution in [2.45, 2.75) is 55.8 Å². The lowest BCUT2D eigenvalue weighted by Crippen LogP contribution is -2.30. The molecule has 0 spiro atoms. The van der Waals surface area contributed by atoms with Crippen LogP contribution in [0.5, 0.6) is 5.75 Å². The molecule has 2 N–H and O–H groups in total. The lowest BCUT2D eigenvalue weighted by atomic mass is 10.1. The standard InChI is InChI=1S/C21H27NO3S/c1-2-3-4-8-15-20(21(23)22-24)26-19-14-10-9-13-18(19)25-16-17-11-6-5-7-12-17/h5-7,9-14,20,24H,2-4,8,15-16H2,1H3,(H,22,23). The van der Waals surface area contributed by atoms with Gasteiger partial charge in [0.25, 0.3) is 5.91 Å². The highest BCUT2D eigenvalue weighted by molar-refractivity contribution is 8.00. The summed E-state index contributed by atoms with van der Waals surface area (Å²) in [6.45, 7) is 2.64. The fourth-order valence-electron chi connectivity index (χ4n) is 2.63. The molecular formula is C21H27NO3S. The van der Waals surface area contributed by atoms with Crippen molar-refractivity contribution >= 4 is 17.7 Å². The largest absolute Gasteiger partial charge is 0.488 e. The minimum atomic E-state index is -0.357. The highest BCUT2D eigenvalue weighted by Crippen LogP contribution is 2.34. The average molecular weight is 374 g/mol. The van der Waals surface area contributed by atoms with Crippen LogP contribution >= 0.6 is 11.8 Å². The lowest BCUT2D eigenvalue weighted by Gasteiger charge is -2.17. The quantitative estimate of drug-likeness (QED) is 0.246. The van der Waals surface area contributed by atoms with E-state index in [0.29, 0.717) is 6.61 Å². The third kappa shape index (κ3) is 6.73. The molecule has 2 aromatic carbocycles. The van der Waals surface area contributed by atoms with E-state index >= 15 is 0 Å². The molecule has 26 heavy (non-hydrogen) atoms. The Morgan fingerprint density at radius 2 is 1.81 bits per heavy atom. The Labute approximate surface area is 159 Å². The number of para-hydroxylation sites is 1. The zero-order valence-corrected chi connectivity index (χ0v) is 16.0.